The number of hydrogen-bond donors (Lipinski definition) is 0. The van der Waals surface area contributed by atoms with Gasteiger partial charge in [0.25, 0.3) is 6.04 Å². The zero-order valence-corrected chi connectivity index (χ0v) is 16.2. The highest BCUT2D eigenvalue weighted by atomic mass is 16.6. The first kappa shape index (κ1) is 24.7. The van der Waals surface area contributed by atoms with Crippen molar-refractivity contribution >= 4 is 6.29 Å². The molecule has 0 bridgehead atoms. The third-order valence-corrected chi connectivity index (χ3v) is 4.05. The molecule has 0 aromatic rings. The molecule has 0 fully saturated rings. The molecular weight excluding hydrogens is 348 g/mol. The van der Waals surface area contributed by atoms with Crippen molar-refractivity contribution in [1.82, 2.24) is 0 Å². The number of unbranched alkanes of at least 4 members (excludes halogenated alkanes) is 7. The van der Waals surface area contributed by atoms with Crippen molar-refractivity contribution in [3.8, 4) is 0 Å². The van der Waals surface area contributed by atoms with E-state index in [1.807, 2.05) is 25.4 Å². The van der Waals surface area contributed by atoms with Crippen molar-refractivity contribution < 1.29 is 14.6 Å². The zero-order valence-electron chi connectivity index (χ0n) is 16.2. The van der Waals surface area contributed by atoms with Crippen LogP contribution in [0, 0.1) is 20.2 Å². The Hall–Kier alpha value is -2.31. The third-order valence-electron chi connectivity index (χ3n) is 4.05. The summed E-state index contributed by atoms with van der Waals surface area (Å²) in [5.74, 6) is 0. The topological polar surface area (TPSA) is 103 Å². The van der Waals surface area contributed by atoms with Crippen LogP contribution in [0.3, 0.4) is 0 Å². The average molecular weight is 379 g/mol. The lowest BCUT2D eigenvalue weighted by molar-refractivity contribution is -0.499. The number of nitro groups is 2. The Balaban J connectivity index is 4.36. The molecule has 0 aliphatic carbocycles. The molecule has 0 aromatic heterocycles. The minimum atomic E-state index is -1.17. The lowest BCUT2D eigenvalue weighted by Crippen LogP contribution is -2.16. The summed E-state index contributed by atoms with van der Waals surface area (Å²) in [7, 11) is 0. The second-order valence-corrected chi connectivity index (χ2v) is 6.38. The van der Waals surface area contributed by atoms with E-state index in [4.69, 9.17) is 0 Å². The number of rotatable bonds is 17. The Labute approximate surface area is 161 Å². The number of hydrogen-bond acceptors (Lipinski definition) is 5. The maximum Gasteiger partial charge on any atom is 0.256 e. The molecule has 1 radical (unpaired) electrons. The van der Waals surface area contributed by atoms with Crippen molar-refractivity contribution in [3.63, 3.8) is 0 Å². The maximum absolute atomic E-state index is 11.1. The first-order chi connectivity index (χ1) is 13.0. The van der Waals surface area contributed by atoms with Crippen molar-refractivity contribution in [2.45, 2.75) is 83.6 Å². The number of allylic oxidation sites excluding steroid dienone is 4. The quantitative estimate of drug-likeness (QED) is 0.147. The van der Waals surface area contributed by atoms with E-state index in [0.717, 1.165) is 51.0 Å². The van der Waals surface area contributed by atoms with Crippen LogP contribution in [-0.4, -0.2) is 22.2 Å². The maximum atomic E-state index is 11.1. The van der Waals surface area contributed by atoms with Gasteiger partial charge in [-0.25, -0.2) is 0 Å². The molecule has 0 saturated heterocycles. The van der Waals surface area contributed by atoms with E-state index in [2.05, 4.69) is 0 Å². The molecule has 27 heavy (non-hydrogen) atoms. The van der Waals surface area contributed by atoms with Gasteiger partial charge in [-0.05, 0) is 38.2 Å². The van der Waals surface area contributed by atoms with E-state index in [9.17, 15) is 25.0 Å². The Morgan fingerprint density at radius 3 is 2.37 bits per heavy atom. The largest absolute Gasteiger partial charge is 0.291 e. The van der Waals surface area contributed by atoms with Gasteiger partial charge in [-0.1, -0.05) is 50.8 Å². The minimum Gasteiger partial charge on any atom is -0.291 e. The Bertz CT molecular complexity index is 526. The summed E-state index contributed by atoms with van der Waals surface area (Å²) in [5, 5.41) is 22.2. The molecule has 7 nitrogen and oxygen atoms in total. The molecular formula is C20H31N2O5. The molecule has 0 aliphatic rings. The van der Waals surface area contributed by atoms with Crippen LogP contribution in [0.4, 0.5) is 0 Å². The normalized spacial score (nSPS) is 13.3. The molecule has 7 heteroatoms. The fraction of sp³-hybridized carbons (Fsp3) is 0.650. The molecule has 151 valence electrons. The van der Waals surface area contributed by atoms with Crippen LogP contribution in [0.25, 0.3) is 0 Å². The van der Waals surface area contributed by atoms with Gasteiger partial charge in [-0.2, -0.15) is 0 Å². The fourth-order valence-electron chi connectivity index (χ4n) is 2.50. The molecule has 0 amide bonds. The highest BCUT2D eigenvalue weighted by molar-refractivity contribution is 5.50. The number of carbonyl (C=O) groups excluding carboxylic acids is 1. The molecule has 1 unspecified atom stereocenters. The van der Waals surface area contributed by atoms with E-state index in [-0.39, 0.29) is 12.1 Å². The van der Waals surface area contributed by atoms with E-state index in [1.165, 1.54) is 6.08 Å². The van der Waals surface area contributed by atoms with Crippen molar-refractivity contribution in [2.75, 3.05) is 0 Å². The minimum absolute atomic E-state index is 0.0856. The Morgan fingerprint density at radius 1 is 1.00 bits per heavy atom. The van der Waals surface area contributed by atoms with Gasteiger partial charge in [-0.3, -0.25) is 25.0 Å². The first-order valence-corrected chi connectivity index (χ1v) is 9.68. The summed E-state index contributed by atoms with van der Waals surface area (Å²) >= 11 is 0. The molecule has 0 heterocycles. The Morgan fingerprint density at radius 2 is 1.74 bits per heavy atom. The highest BCUT2D eigenvalue weighted by Crippen LogP contribution is 2.12. The summed E-state index contributed by atoms with van der Waals surface area (Å²) in [6.07, 6.45) is 18.8. The molecule has 0 rings (SSSR count). The summed E-state index contributed by atoms with van der Waals surface area (Å²) in [5.41, 5.74) is -0.0856. The summed E-state index contributed by atoms with van der Waals surface area (Å²) in [6.45, 7) is 2.00. The highest BCUT2D eigenvalue weighted by Gasteiger charge is 2.20. The van der Waals surface area contributed by atoms with Crippen LogP contribution in [0.15, 0.2) is 36.1 Å². The van der Waals surface area contributed by atoms with Gasteiger partial charge < -0.3 is 0 Å². The van der Waals surface area contributed by atoms with Gasteiger partial charge in [0.05, 0.1) is 11.0 Å². The SMILES string of the molecule is CCCCC/C(=C/C(/C=C/C/C=C/CCCCCC[C]=O)[N+](=O)[O-])[N+](=O)[O-]. The summed E-state index contributed by atoms with van der Waals surface area (Å²) in [4.78, 5) is 31.2. The van der Waals surface area contributed by atoms with Gasteiger partial charge in [0, 0.05) is 17.8 Å². The molecule has 0 saturated carbocycles. The van der Waals surface area contributed by atoms with Gasteiger partial charge >= 0.3 is 0 Å². The molecule has 0 spiro atoms. The number of nitrogens with zero attached hydrogens (tertiary/aromatic N) is 2. The van der Waals surface area contributed by atoms with Crippen LogP contribution in [0.5, 0.6) is 0 Å². The van der Waals surface area contributed by atoms with Crippen molar-refractivity contribution in [3.05, 3.63) is 56.3 Å². The standard InChI is InChI=1S/C20H31N2O5/c1-2-3-12-15-19(21(24)25)18-20(22(26)27)16-13-10-8-6-4-5-7-9-11-14-17-23/h6,8,13,16,18,20H,2-5,7,9-12,14-15H2,1H3/b8-6+,16-13+,19-18-. The molecule has 0 aliphatic heterocycles. The summed E-state index contributed by atoms with van der Waals surface area (Å²) in [6, 6.07) is -1.17. The monoisotopic (exact) mass is 379 g/mol. The van der Waals surface area contributed by atoms with E-state index < -0.39 is 15.9 Å². The van der Waals surface area contributed by atoms with Crippen LogP contribution in [0.2, 0.25) is 0 Å². The van der Waals surface area contributed by atoms with E-state index in [1.54, 1.807) is 6.08 Å². The lowest BCUT2D eigenvalue weighted by atomic mass is 10.1. The van der Waals surface area contributed by atoms with Gasteiger partial charge in [0.1, 0.15) is 0 Å². The smallest absolute Gasteiger partial charge is 0.256 e. The van der Waals surface area contributed by atoms with Crippen LogP contribution < -0.4 is 0 Å². The zero-order chi connectivity index (χ0) is 20.3. The molecule has 0 aromatic carbocycles. The average Bonchev–Trinajstić information content (AvgIpc) is 2.63. The third kappa shape index (κ3) is 14.5. The predicted molar refractivity (Wildman–Crippen MR) is 106 cm³/mol. The van der Waals surface area contributed by atoms with Crippen molar-refractivity contribution in [1.29, 1.82) is 0 Å². The summed E-state index contributed by atoms with van der Waals surface area (Å²) < 4.78 is 0. The van der Waals surface area contributed by atoms with Crippen LogP contribution in [-0.2, 0) is 4.79 Å². The van der Waals surface area contributed by atoms with Gasteiger partial charge in [0.15, 0.2) is 6.29 Å². The predicted octanol–water partition coefficient (Wildman–Crippen LogP) is 5.33. The fourth-order valence-corrected chi connectivity index (χ4v) is 2.50. The van der Waals surface area contributed by atoms with Gasteiger partial charge in [0.2, 0.25) is 5.70 Å². The van der Waals surface area contributed by atoms with E-state index in [0.29, 0.717) is 19.3 Å². The van der Waals surface area contributed by atoms with E-state index >= 15 is 0 Å². The van der Waals surface area contributed by atoms with Crippen LogP contribution >= 0.6 is 0 Å². The first-order valence-electron chi connectivity index (χ1n) is 9.68. The van der Waals surface area contributed by atoms with Gasteiger partial charge in [-0.15, -0.1) is 0 Å². The van der Waals surface area contributed by atoms with Crippen molar-refractivity contribution in [2.24, 2.45) is 0 Å². The molecule has 1 atom stereocenters. The lowest BCUT2D eigenvalue weighted by Gasteiger charge is -2.01. The molecule has 0 N–H and O–H groups in total. The second-order valence-electron chi connectivity index (χ2n) is 6.38. The second kappa shape index (κ2) is 17.1. The Kier molecular flexibility index (Phi) is 15.7. The van der Waals surface area contributed by atoms with Crippen LogP contribution in [0.1, 0.15) is 77.6 Å².